The van der Waals surface area contributed by atoms with E-state index in [0.29, 0.717) is 39.6 Å². The Balaban J connectivity index is 2.46. The first-order valence-electron chi connectivity index (χ1n) is 7.77. The molecule has 0 heterocycles. The summed E-state index contributed by atoms with van der Waals surface area (Å²) in [7, 11) is 0. The summed E-state index contributed by atoms with van der Waals surface area (Å²) in [6.45, 7) is 9.85. The summed E-state index contributed by atoms with van der Waals surface area (Å²) < 4.78 is 22.3. The van der Waals surface area contributed by atoms with E-state index in [9.17, 15) is 0 Å². The van der Waals surface area contributed by atoms with Crippen LogP contribution in [0.25, 0.3) is 0 Å². The summed E-state index contributed by atoms with van der Waals surface area (Å²) in [6.07, 6.45) is 7.38. The molecular formula is C17H28O4. The highest BCUT2D eigenvalue weighted by Crippen LogP contribution is 2.28. The van der Waals surface area contributed by atoms with Crippen molar-refractivity contribution in [2.24, 2.45) is 0 Å². The lowest BCUT2D eigenvalue weighted by atomic mass is 9.88. The molecule has 4 heteroatoms. The minimum absolute atomic E-state index is 0.0300. The second-order valence-corrected chi connectivity index (χ2v) is 4.99. The maximum absolute atomic E-state index is 5.90. The van der Waals surface area contributed by atoms with E-state index in [0.717, 1.165) is 24.0 Å². The van der Waals surface area contributed by atoms with Gasteiger partial charge in [0.1, 0.15) is 0 Å². The minimum Gasteiger partial charge on any atom is -0.379 e. The Labute approximate surface area is 128 Å². The third-order valence-electron chi connectivity index (χ3n) is 3.58. The molecule has 0 N–H and O–H groups in total. The zero-order valence-corrected chi connectivity index (χ0v) is 13.5. The zero-order chi connectivity index (χ0) is 15.5. The number of hydrogen-bond acceptors (Lipinski definition) is 4. The van der Waals surface area contributed by atoms with Crippen LogP contribution in [0.2, 0.25) is 0 Å². The van der Waals surface area contributed by atoms with E-state index in [1.54, 1.807) is 0 Å². The Morgan fingerprint density at radius 3 is 2.24 bits per heavy atom. The molecule has 0 saturated carbocycles. The van der Waals surface area contributed by atoms with Gasteiger partial charge in [-0.25, -0.2) is 0 Å². The molecule has 0 bridgehead atoms. The maximum atomic E-state index is 5.90. The minimum atomic E-state index is 0.0300. The highest BCUT2D eigenvalue weighted by atomic mass is 16.5. The summed E-state index contributed by atoms with van der Waals surface area (Å²) in [5, 5.41) is 0. The van der Waals surface area contributed by atoms with E-state index in [-0.39, 0.29) is 12.2 Å². The van der Waals surface area contributed by atoms with Crippen LogP contribution in [-0.2, 0) is 18.9 Å². The second-order valence-electron chi connectivity index (χ2n) is 4.99. The monoisotopic (exact) mass is 296 g/mol. The van der Waals surface area contributed by atoms with Crippen molar-refractivity contribution in [2.45, 2.75) is 45.8 Å². The van der Waals surface area contributed by atoms with E-state index in [2.05, 4.69) is 12.8 Å². The molecule has 21 heavy (non-hydrogen) atoms. The SMILES string of the molecule is C#CC1=C(C)C(OCCOCC)CC(OCCOCC)C1. The van der Waals surface area contributed by atoms with Crippen LogP contribution in [0.1, 0.15) is 33.6 Å². The molecule has 2 atom stereocenters. The van der Waals surface area contributed by atoms with Crippen molar-refractivity contribution >= 4 is 0 Å². The first kappa shape index (κ1) is 18.2. The summed E-state index contributed by atoms with van der Waals surface area (Å²) in [5.41, 5.74) is 2.16. The standard InChI is InChI=1S/C17H28O4/c1-5-15-12-16(20-10-8-18-6-2)13-17(14(15)4)21-11-9-19-7-3/h1,16-17H,6-13H2,2-4H3. The van der Waals surface area contributed by atoms with Gasteiger partial charge in [-0.3, -0.25) is 0 Å². The highest BCUT2D eigenvalue weighted by molar-refractivity contribution is 5.35. The zero-order valence-electron chi connectivity index (χ0n) is 13.5. The molecule has 2 unspecified atom stereocenters. The number of ether oxygens (including phenoxy) is 4. The first-order chi connectivity index (χ1) is 10.2. The molecular weight excluding hydrogens is 268 g/mol. The van der Waals surface area contributed by atoms with Crippen LogP contribution in [-0.4, -0.2) is 51.8 Å². The first-order valence-corrected chi connectivity index (χ1v) is 7.77. The lowest BCUT2D eigenvalue weighted by molar-refractivity contribution is -0.0394. The molecule has 1 rings (SSSR count). The van der Waals surface area contributed by atoms with Crippen molar-refractivity contribution in [1.82, 2.24) is 0 Å². The lowest BCUT2D eigenvalue weighted by Crippen LogP contribution is -2.31. The van der Waals surface area contributed by atoms with E-state index in [1.807, 2.05) is 13.8 Å². The van der Waals surface area contributed by atoms with Crippen molar-refractivity contribution in [1.29, 1.82) is 0 Å². The van der Waals surface area contributed by atoms with Gasteiger partial charge < -0.3 is 18.9 Å². The molecule has 4 nitrogen and oxygen atoms in total. The van der Waals surface area contributed by atoms with Gasteiger partial charge in [0.05, 0.1) is 38.6 Å². The van der Waals surface area contributed by atoms with E-state index < -0.39 is 0 Å². The number of rotatable bonds is 10. The molecule has 0 aliphatic heterocycles. The summed E-state index contributed by atoms with van der Waals surface area (Å²) in [4.78, 5) is 0. The molecule has 1 aliphatic rings. The summed E-state index contributed by atoms with van der Waals surface area (Å²) >= 11 is 0. The molecule has 0 amide bonds. The quantitative estimate of drug-likeness (QED) is 0.459. The molecule has 0 aromatic carbocycles. The van der Waals surface area contributed by atoms with Crippen molar-refractivity contribution in [3.63, 3.8) is 0 Å². The third kappa shape index (κ3) is 6.62. The van der Waals surface area contributed by atoms with Crippen LogP contribution in [0, 0.1) is 12.3 Å². The molecule has 0 aromatic rings. The lowest BCUT2D eigenvalue weighted by Gasteiger charge is -2.31. The smallest absolute Gasteiger partial charge is 0.0820 e. The summed E-state index contributed by atoms with van der Waals surface area (Å²) in [5.74, 6) is 2.77. The van der Waals surface area contributed by atoms with Crippen LogP contribution < -0.4 is 0 Å². The third-order valence-corrected chi connectivity index (χ3v) is 3.58. The van der Waals surface area contributed by atoms with Crippen molar-refractivity contribution in [3.05, 3.63) is 11.1 Å². The van der Waals surface area contributed by atoms with E-state index in [1.165, 1.54) is 0 Å². The van der Waals surface area contributed by atoms with Crippen molar-refractivity contribution in [2.75, 3.05) is 39.6 Å². The van der Waals surface area contributed by atoms with Gasteiger partial charge in [0.25, 0.3) is 0 Å². The van der Waals surface area contributed by atoms with Crippen LogP contribution in [0.3, 0.4) is 0 Å². The predicted octanol–water partition coefficient (Wildman–Crippen LogP) is 2.57. The van der Waals surface area contributed by atoms with E-state index in [4.69, 9.17) is 25.4 Å². The Kier molecular flexibility index (Phi) is 9.36. The fourth-order valence-corrected chi connectivity index (χ4v) is 2.39. The summed E-state index contributed by atoms with van der Waals surface area (Å²) in [6, 6.07) is 0. The van der Waals surface area contributed by atoms with Gasteiger partial charge >= 0.3 is 0 Å². The average Bonchev–Trinajstić information content (AvgIpc) is 2.50. The van der Waals surface area contributed by atoms with Gasteiger partial charge in [-0.2, -0.15) is 0 Å². The predicted molar refractivity (Wildman–Crippen MR) is 83.2 cm³/mol. The molecule has 0 radical (unpaired) electrons. The van der Waals surface area contributed by atoms with Gasteiger partial charge in [0.15, 0.2) is 0 Å². The van der Waals surface area contributed by atoms with Gasteiger partial charge in [-0.15, -0.1) is 6.42 Å². The van der Waals surface area contributed by atoms with Gasteiger partial charge in [-0.05, 0) is 26.3 Å². The molecule has 0 aromatic heterocycles. The average molecular weight is 296 g/mol. The molecule has 0 fully saturated rings. The second kappa shape index (κ2) is 10.8. The van der Waals surface area contributed by atoms with Gasteiger partial charge in [0, 0.05) is 31.6 Å². The molecule has 120 valence electrons. The van der Waals surface area contributed by atoms with E-state index >= 15 is 0 Å². The molecule has 1 aliphatic carbocycles. The van der Waals surface area contributed by atoms with Crippen LogP contribution >= 0.6 is 0 Å². The fraction of sp³-hybridized carbons (Fsp3) is 0.765. The van der Waals surface area contributed by atoms with Gasteiger partial charge in [0.2, 0.25) is 0 Å². The van der Waals surface area contributed by atoms with Crippen LogP contribution in [0.15, 0.2) is 11.1 Å². The number of terminal acetylenes is 1. The Morgan fingerprint density at radius 2 is 1.67 bits per heavy atom. The fourth-order valence-electron chi connectivity index (χ4n) is 2.39. The molecule has 0 saturated heterocycles. The van der Waals surface area contributed by atoms with Crippen molar-refractivity contribution in [3.8, 4) is 12.3 Å². The van der Waals surface area contributed by atoms with Crippen molar-refractivity contribution < 1.29 is 18.9 Å². The topological polar surface area (TPSA) is 36.9 Å². The van der Waals surface area contributed by atoms with Crippen LogP contribution in [0.4, 0.5) is 0 Å². The highest BCUT2D eigenvalue weighted by Gasteiger charge is 2.27. The van der Waals surface area contributed by atoms with Gasteiger partial charge in [-0.1, -0.05) is 5.92 Å². The Hall–Kier alpha value is -0.860. The molecule has 0 spiro atoms. The number of hydrogen-bond donors (Lipinski definition) is 0. The Bertz CT molecular complexity index is 356. The normalized spacial score (nSPS) is 22.4. The largest absolute Gasteiger partial charge is 0.379 e. The maximum Gasteiger partial charge on any atom is 0.0820 e. The Morgan fingerprint density at radius 1 is 1.05 bits per heavy atom. The van der Waals surface area contributed by atoms with Crippen LogP contribution in [0.5, 0.6) is 0 Å².